The molecular weight excluding hydrogens is 346 g/mol. The van der Waals surface area contributed by atoms with E-state index in [1.54, 1.807) is 30.2 Å². The minimum Gasteiger partial charge on any atom is -0.324 e. The number of carbonyl (C=O) groups excluding carboxylic acids is 1. The number of benzene rings is 1. The van der Waals surface area contributed by atoms with Crippen LogP contribution in [0.5, 0.6) is 0 Å². The maximum Gasteiger partial charge on any atom is 0.257 e. The van der Waals surface area contributed by atoms with Crippen LogP contribution in [0.4, 0.5) is 5.69 Å². The molecule has 1 aliphatic heterocycles. The Labute approximate surface area is 147 Å². The number of pyridine rings is 1. The predicted molar refractivity (Wildman–Crippen MR) is 95.6 cm³/mol. The number of aromatic amines is 1. The first-order valence-electron chi connectivity index (χ1n) is 7.45. The van der Waals surface area contributed by atoms with Crippen molar-refractivity contribution in [3.05, 3.63) is 46.7 Å². The van der Waals surface area contributed by atoms with Gasteiger partial charge in [-0.3, -0.25) is 9.89 Å². The summed E-state index contributed by atoms with van der Waals surface area (Å²) < 4.78 is 0. The van der Waals surface area contributed by atoms with Gasteiger partial charge >= 0.3 is 0 Å². The lowest BCUT2D eigenvalue weighted by molar-refractivity contribution is 0.102. The molecule has 0 saturated carbocycles. The molecule has 0 saturated heterocycles. The molecule has 1 amide bonds. The SMILES string of the molecule is N[C@@H]1CCSc2cc(C(=O)Nc3ccnc4[nH]ncc34)c(Cl)cc21. The molecule has 4 rings (SSSR count). The molecule has 122 valence electrons. The molecule has 1 atom stereocenters. The number of fused-ring (bicyclic) bond motifs is 2. The molecule has 0 radical (unpaired) electrons. The molecule has 0 bridgehead atoms. The molecule has 4 N–H and O–H groups in total. The lowest BCUT2D eigenvalue weighted by atomic mass is 10.0. The number of rotatable bonds is 2. The van der Waals surface area contributed by atoms with Gasteiger partial charge in [-0.1, -0.05) is 11.6 Å². The van der Waals surface area contributed by atoms with E-state index in [9.17, 15) is 4.79 Å². The third-order valence-corrected chi connectivity index (χ3v) is 5.45. The predicted octanol–water partition coefficient (Wildman–Crippen LogP) is 3.36. The van der Waals surface area contributed by atoms with Gasteiger partial charge in [-0.25, -0.2) is 4.98 Å². The lowest BCUT2D eigenvalue weighted by Crippen LogP contribution is -2.18. The second-order valence-corrected chi connectivity index (χ2v) is 7.10. The van der Waals surface area contributed by atoms with Gasteiger partial charge < -0.3 is 11.1 Å². The molecule has 3 heterocycles. The molecule has 3 aromatic rings. The average Bonchev–Trinajstić information content (AvgIpc) is 3.05. The van der Waals surface area contributed by atoms with E-state index in [0.29, 0.717) is 21.9 Å². The summed E-state index contributed by atoms with van der Waals surface area (Å²) in [6.07, 6.45) is 4.15. The fourth-order valence-electron chi connectivity index (χ4n) is 2.76. The van der Waals surface area contributed by atoms with E-state index >= 15 is 0 Å². The van der Waals surface area contributed by atoms with Crippen LogP contribution in [-0.4, -0.2) is 26.8 Å². The van der Waals surface area contributed by atoms with Crippen molar-refractivity contribution < 1.29 is 4.79 Å². The number of carbonyl (C=O) groups is 1. The summed E-state index contributed by atoms with van der Waals surface area (Å²) in [6, 6.07) is 5.33. The summed E-state index contributed by atoms with van der Waals surface area (Å²) in [5.74, 6) is 0.674. The van der Waals surface area contributed by atoms with Gasteiger partial charge in [0.05, 0.1) is 27.9 Å². The van der Waals surface area contributed by atoms with Crippen LogP contribution in [0.3, 0.4) is 0 Å². The van der Waals surface area contributed by atoms with Crippen molar-refractivity contribution in [1.29, 1.82) is 0 Å². The number of nitrogens with one attached hydrogen (secondary N) is 2. The number of amides is 1. The third kappa shape index (κ3) is 2.64. The Hall–Kier alpha value is -2.09. The molecule has 1 aromatic carbocycles. The van der Waals surface area contributed by atoms with Crippen molar-refractivity contribution in [3.63, 3.8) is 0 Å². The molecule has 0 spiro atoms. The quantitative estimate of drug-likeness (QED) is 0.652. The first-order valence-corrected chi connectivity index (χ1v) is 8.81. The molecule has 2 aromatic heterocycles. The highest BCUT2D eigenvalue weighted by molar-refractivity contribution is 7.99. The van der Waals surface area contributed by atoms with Crippen LogP contribution < -0.4 is 11.1 Å². The molecule has 0 unspecified atom stereocenters. The zero-order valence-corrected chi connectivity index (χ0v) is 14.1. The van der Waals surface area contributed by atoms with Crippen molar-refractivity contribution >= 4 is 46.0 Å². The maximum absolute atomic E-state index is 12.7. The van der Waals surface area contributed by atoms with Gasteiger partial charge in [-0.05, 0) is 35.9 Å². The fourth-order valence-corrected chi connectivity index (χ4v) is 4.19. The molecular formula is C16H14ClN5OS. The van der Waals surface area contributed by atoms with Gasteiger partial charge in [0, 0.05) is 17.1 Å². The van der Waals surface area contributed by atoms with Crippen molar-refractivity contribution in [2.24, 2.45) is 5.73 Å². The van der Waals surface area contributed by atoms with E-state index in [-0.39, 0.29) is 11.9 Å². The monoisotopic (exact) mass is 359 g/mol. The van der Waals surface area contributed by atoms with E-state index < -0.39 is 0 Å². The highest BCUT2D eigenvalue weighted by Gasteiger charge is 2.22. The van der Waals surface area contributed by atoms with Crippen LogP contribution in [0.2, 0.25) is 5.02 Å². The number of thioether (sulfide) groups is 1. The Morgan fingerprint density at radius 1 is 1.46 bits per heavy atom. The third-order valence-electron chi connectivity index (χ3n) is 4.03. The van der Waals surface area contributed by atoms with Crippen molar-refractivity contribution in [1.82, 2.24) is 15.2 Å². The second-order valence-electron chi connectivity index (χ2n) is 5.56. The van der Waals surface area contributed by atoms with E-state index in [0.717, 1.165) is 28.0 Å². The Balaban J connectivity index is 1.69. The van der Waals surface area contributed by atoms with Gasteiger partial charge in [0.2, 0.25) is 0 Å². The lowest BCUT2D eigenvalue weighted by Gasteiger charge is -2.22. The van der Waals surface area contributed by atoms with Crippen LogP contribution in [-0.2, 0) is 0 Å². The summed E-state index contributed by atoms with van der Waals surface area (Å²) in [6.45, 7) is 0. The number of aromatic nitrogens is 3. The molecule has 0 aliphatic carbocycles. The molecule has 0 fully saturated rings. The number of nitrogens with two attached hydrogens (primary N) is 1. The molecule has 24 heavy (non-hydrogen) atoms. The number of halogens is 1. The van der Waals surface area contributed by atoms with E-state index in [2.05, 4.69) is 20.5 Å². The zero-order chi connectivity index (χ0) is 16.7. The Morgan fingerprint density at radius 3 is 3.21 bits per heavy atom. The minimum absolute atomic E-state index is 0.0263. The summed E-state index contributed by atoms with van der Waals surface area (Å²) in [4.78, 5) is 17.9. The average molecular weight is 360 g/mol. The fraction of sp³-hybridized carbons (Fsp3) is 0.188. The van der Waals surface area contributed by atoms with Gasteiger partial charge in [-0.15, -0.1) is 11.8 Å². The van der Waals surface area contributed by atoms with Gasteiger partial charge in [0.1, 0.15) is 0 Å². The summed E-state index contributed by atoms with van der Waals surface area (Å²) in [5, 5.41) is 10.8. The largest absolute Gasteiger partial charge is 0.324 e. The number of anilines is 1. The Morgan fingerprint density at radius 2 is 2.33 bits per heavy atom. The van der Waals surface area contributed by atoms with Gasteiger partial charge in [-0.2, -0.15) is 5.10 Å². The molecule has 8 heteroatoms. The first kappa shape index (κ1) is 15.4. The zero-order valence-electron chi connectivity index (χ0n) is 12.5. The highest BCUT2D eigenvalue weighted by Crippen LogP contribution is 2.38. The standard InChI is InChI=1S/C16H14ClN5OS/c17-11-5-9-12(18)2-4-24-14(9)6-8(11)16(23)21-13-1-3-19-15-10(13)7-20-22-15/h1,3,5-7,12H,2,4,18H2,(H2,19,20,21,22,23)/t12-/m1/s1. The van der Waals surface area contributed by atoms with Gasteiger partial charge in [0.25, 0.3) is 5.91 Å². The number of H-pyrrole nitrogens is 1. The smallest absolute Gasteiger partial charge is 0.257 e. The van der Waals surface area contributed by atoms with Crippen molar-refractivity contribution in [2.75, 3.05) is 11.1 Å². The van der Waals surface area contributed by atoms with E-state index in [1.807, 2.05) is 12.1 Å². The van der Waals surface area contributed by atoms with Crippen molar-refractivity contribution in [3.8, 4) is 0 Å². The maximum atomic E-state index is 12.7. The first-order chi connectivity index (χ1) is 11.6. The Kier molecular flexibility index (Phi) is 3.91. The number of hydrogen-bond acceptors (Lipinski definition) is 5. The summed E-state index contributed by atoms with van der Waals surface area (Å²) in [7, 11) is 0. The van der Waals surface area contributed by atoms with Gasteiger partial charge in [0.15, 0.2) is 5.65 Å². The second kappa shape index (κ2) is 6.08. The van der Waals surface area contributed by atoms with E-state index in [1.165, 1.54) is 0 Å². The normalized spacial score (nSPS) is 16.8. The summed E-state index contributed by atoms with van der Waals surface area (Å²) >= 11 is 8.03. The van der Waals surface area contributed by atoms with Crippen LogP contribution >= 0.6 is 23.4 Å². The van der Waals surface area contributed by atoms with Crippen LogP contribution in [0, 0.1) is 0 Å². The van der Waals surface area contributed by atoms with Crippen LogP contribution in [0.1, 0.15) is 28.4 Å². The topological polar surface area (TPSA) is 96.7 Å². The van der Waals surface area contributed by atoms with Crippen LogP contribution in [0.25, 0.3) is 11.0 Å². The highest BCUT2D eigenvalue weighted by atomic mass is 35.5. The molecule has 6 nitrogen and oxygen atoms in total. The summed E-state index contributed by atoms with van der Waals surface area (Å²) in [5.41, 5.74) is 8.82. The van der Waals surface area contributed by atoms with Crippen molar-refractivity contribution in [2.45, 2.75) is 17.4 Å². The van der Waals surface area contributed by atoms with E-state index in [4.69, 9.17) is 17.3 Å². The minimum atomic E-state index is -0.267. The number of nitrogens with zero attached hydrogens (tertiary/aromatic N) is 2. The molecule has 1 aliphatic rings. The number of hydrogen-bond donors (Lipinski definition) is 3. The van der Waals surface area contributed by atoms with Crippen LogP contribution in [0.15, 0.2) is 35.5 Å². The Bertz CT molecular complexity index is 941.